The van der Waals surface area contributed by atoms with Gasteiger partial charge in [-0.15, -0.1) is 10.2 Å². The van der Waals surface area contributed by atoms with E-state index in [1.807, 2.05) is 22.8 Å². The molecule has 0 spiro atoms. The molecule has 180 valence electrons. The molecule has 5 nitrogen and oxygen atoms in total. The first-order valence-electron chi connectivity index (χ1n) is 11.4. The third-order valence-corrected chi connectivity index (χ3v) is 7.53. The van der Waals surface area contributed by atoms with Gasteiger partial charge in [0.1, 0.15) is 5.82 Å². The van der Waals surface area contributed by atoms with E-state index in [9.17, 15) is 4.39 Å². The van der Waals surface area contributed by atoms with Crippen LogP contribution in [0, 0.1) is 5.82 Å². The van der Waals surface area contributed by atoms with E-state index in [-0.39, 0.29) is 5.82 Å². The predicted molar refractivity (Wildman–Crippen MR) is 141 cm³/mol. The Balaban J connectivity index is 1.35. The fourth-order valence-corrected chi connectivity index (χ4v) is 5.54. The summed E-state index contributed by atoms with van der Waals surface area (Å²) in [5.74, 6) is 1.22. The molecule has 0 radical (unpaired) electrons. The summed E-state index contributed by atoms with van der Waals surface area (Å²) in [5, 5.41) is 10.9. The van der Waals surface area contributed by atoms with Crippen molar-refractivity contribution in [2.75, 3.05) is 31.1 Å². The minimum absolute atomic E-state index is 0.246. The van der Waals surface area contributed by atoms with E-state index in [4.69, 9.17) is 23.2 Å². The highest BCUT2D eigenvalue weighted by atomic mass is 35.5. The molecule has 3 aromatic carbocycles. The molecule has 4 aromatic rings. The van der Waals surface area contributed by atoms with E-state index >= 15 is 0 Å². The number of thioether (sulfide) groups is 1. The second kappa shape index (κ2) is 11.0. The lowest BCUT2D eigenvalue weighted by molar-refractivity contribution is 0.242. The molecule has 5 rings (SSSR count). The van der Waals surface area contributed by atoms with E-state index in [1.54, 1.807) is 30.0 Å². The van der Waals surface area contributed by atoms with Crippen molar-refractivity contribution in [3.63, 3.8) is 0 Å². The van der Waals surface area contributed by atoms with Crippen molar-refractivity contribution in [1.82, 2.24) is 19.7 Å². The Labute approximate surface area is 218 Å². The van der Waals surface area contributed by atoms with Crippen LogP contribution in [0.1, 0.15) is 11.4 Å². The molecule has 1 aromatic heterocycles. The molecule has 1 aliphatic rings. The van der Waals surface area contributed by atoms with Crippen molar-refractivity contribution < 1.29 is 4.39 Å². The number of anilines is 1. The predicted octanol–water partition coefficient (Wildman–Crippen LogP) is 6.33. The standard InChI is InChI=1S/C26H24Cl2FN5S/c27-20-8-11-24(23(28)16-20)34-25(30-31-26(34)35-18-19-6-9-21(29)10-7-19)17-32-12-14-33(15-13-32)22-4-2-1-3-5-22/h1-11,16H,12-15,17-18H2. The molecular weight excluding hydrogens is 504 g/mol. The maximum atomic E-state index is 13.3. The van der Waals surface area contributed by atoms with Gasteiger partial charge in [0.2, 0.25) is 0 Å². The Morgan fingerprint density at radius 3 is 2.31 bits per heavy atom. The van der Waals surface area contributed by atoms with Crippen molar-refractivity contribution in [3.05, 3.63) is 100 Å². The Hall–Kier alpha value is -2.58. The van der Waals surface area contributed by atoms with Crippen LogP contribution in [-0.2, 0) is 12.3 Å². The van der Waals surface area contributed by atoms with E-state index < -0.39 is 0 Å². The van der Waals surface area contributed by atoms with Gasteiger partial charge >= 0.3 is 0 Å². The van der Waals surface area contributed by atoms with E-state index in [1.165, 1.54) is 17.8 Å². The first kappa shape index (κ1) is 24.1. The molecule has 1 fully saturated rings. The molecular formula is C26H24Cl2FN5S. The lowest BCUT2D eigenvalue weighted by Gasteiger charge is -2.35. The number of benzene rings is 3. The number of piperazine rings is 1. The number of hydrogen-bond acceptors (Lipinski definition) is 5. The van der Waals surface area contributed by atoms with Gasteiger partial charge in [-0.05, 0) is 48.0 Å². The Kier molecular flexibility index (Phi) is 7.58. The van der Waals surface area contributed by atoms with Gasteiger partial charge in [0.15, 0.2) is 11.0 Å². The normalized spacial score (nSPS) is 14.4. The van der Waals surface area contributed by atoms with Crippen molar-refractivity contribution in [1.29, 1.82) is 0 Å². The van der Waals surface area contributed by atoms with Crippen molar-refractivity contribution in [3.8, 4) is 5.69 Å². The molecule has 0 aliphatic carbocycles. The van der Waals surface area contributed by atoms with Crippen LogP contribution in [0.25, 0.3) is 5.69 Å². The summed E-state index contributed by atoms with van der Waals surface area (Å²) in [6.45, 7) is 4.41. The lowest BCUT2D eigenvalue weighted by atomic mass is 10.2. The fraction of sp³-hybridized carbons (Fsp3) is 0.231. The molecule has 0 atom stereocenters. The van der Waals surface area contributed by atoms with Crippen LogP contribution in [0.15, 0.2) is 78.0 Å². The fourth-order valence-electron chi connectivity index (χ4n) is 4.13. The van der Waals surface area contributed by atoms with E-state index in [0.717, 1.165) is 48.4 Å². The van der Waals surface area contributed by atoms with Crippen LogP contribution < -0.4 is 4.90 Å². The van der Waals surface area contributed by atoms with Crippen LogP contribution in [0.3, 0.4) is 0 Å². The van der Waals surface area contributed by atoms with E-state index in [0.29, 0.717) is 22.3 Å². The monoisotopic (exact) mass is 527 g/mol. The average molecular weight is 528 g/mol. The molecule has 9 heteroatoms. The quantitative estimate of drug-likeness (QED) is 0.262. The number of para-hydroxylation sites is 1. The molecule has 1 aliphatic heterocycles. The summed E-state index contributed by atoms with van der Waals surface area (Å²) in [6.07, 6.45) is 0. The Bertz CT molecular complexity index is 1270. The lowest BCUT2D eigenvalue weighted by Crippen LogP contribution is -2.46. The van der Waals surface area contributed by atoms with Gasteiger partial charge in [-0.1, -0.05) is 65.3 Å². The maximum Gasteiger partial charge on any atom is 0.196 e. The van der Waals surface area contributed by atoms with Crippen LogP contribution in [-0.4, -0.2) is 45.8 Å². The first-order valence-corrected chi connectivity index (χ1v) is 13.1. The number of aromatic nitrogens is 3. The third-order valence-electron chi connectivity index (χ3n) is 5.99. The van der Waals surface area contributed by atoms with Crippen LogP contribution >= 0.6 is 35.0 Å². The highest BCUT2D eigenvalue weighted by Crippen LogP contribution is 2.31. The number of halogens is 3. The van der Waals surface area contributed by atoms with Crippen molar-refractivity contribution in [2.45, 2.75) is 17.5 Å². The molecule has 1 saturated heterocycles. The number of hydrogen-bond donors (Lipinski definition) is 0. The smallest absolute Gasteiger partial charge is 0.196 e. The molecule has 0 amide bonds. The zero-order chi connectivity index (χ0) is 24.2. The minimum Gasteiger partial charge on any atom is -0.369 e. The largest absolute Gasteiger partial charge is 0.369 e. The number of rotatable bonds is 7. The van der Waals surface area contributed by atoms with Gasteiger partial charge in [-0.2, -0.15) is 0 Å². The molecule has 0 saturated carbocycles. The number of nitrogens with zero attached hydrogens (tertiary/aromatic N) is 5. The highest BCUT2D eigenvalue weighted by Gasteiger charge is 2.22. The summed E-state index contributed by atoms with van der Waals surface area (Å²) in [7, 11) is 0. The van der Waals surface area contributed by atoms with Crippen LogP contribution in [0.5, 0.6) is 0 Å². The average Bonchev–Trinajstić information content (AvgIpc) is 3.26. The van der Waals surface area contributed by atoms with Gasteiger partial charge in [-0.3, -0.25) is 9.47 Å². The second-order valence-corrected chi connectivity index (χ2v) is 10.1. The van der Waals surface area contributed by atoms with Crippen molar-refractivity contribution in [2.24, 2.45) is 0 Å². The highest BCUT2D eigenvalue weighted by molar-refractivity contribution is 7.98. The molecule has 2 heterocycles. The SMILES string of the molecule is Fc1ccc(CSc2nnc(CN3CCN(c4ccccc4)CC3)n2-c2ccc(Cl)cc2Cl)cc1. The zero-order valence-electron chi connectivity index (χ0n) is 18.9. The summed E-state index contributed by atoms with van der Waals surface area (Å²) >= 11 is 14.3. The van der Waals surface area contributed by atoms with Crippen LogP contribution in [0.2, 0.25) is 10.0 Å². The topological polar surface area (TPSA) is 37.2 Å². The summed E-state index contributed by atoms with van der Waals surface area (Å²) in [5.41, 5.74) is 3.05. The Morgan fingerprint density at radius 2 is 1.60 bits per heavy atom. The minimum atomic E-state index is -0.246. The maximum absolute atomic E-state index is 13.3. The third kappa shape index (κ3) is 5.81. The van der Waals surface area contributed by atoms with Crippen LogP contribution in [0.4, 0.5) is 10.1 Å². The van der Waals surface area contributed by atoms with Gasteiger partial charge < -0.3 is 4.90 Å². The van der Waals surface area contributed by atoms with Gasteiger partial charge in [0.05, 0.1) is 17.3 Å². The van der Waals surface area contributed by atoms with Gasteiger partial charge in [0, 0.05) is 42.6 Å². The van der Waals surface area contributed by atoms with E-state index in [2.05, 4.69) is 44.3 Å². The summed E-state index contributed by atoms with van der Waals surface area (Å²) in [6, 6.07) is 22.4. The van der Waals surface area contributed by atoms with Crippen molar-refractivity contribution >= 4 is 40.7 Å². The summed E-state index contributed by atoms with van der Waals surface area (Å²) < 4.78 is 15.3. The summed E-state index contributed by atoms with van der Waals surface area (Å²) in [4.78, 5) is 4.79. The second-order valence-electron chi connectivity index (χ2n) is 8.34. The molecule has 35 heavy (non-hydrogen) atoms. The first-order chi connectivity index (χ1) is 17.1. The molecule has 0 unspecified atom stereocenters. The van der Waals surface area contributed by atoms with Gasteiger partial charge in [0.25, 0.3) is 0 Å². The zero-order valence-corrected chi connectivity index (χ0v) is 21.3. The molecule has 0 bridgehead atoms. The molecule has 0 N–H and O–H groups in total. The Morgan fingerprint density at radius 1 is 0.857 bits per heavy atom. The van der Waals surface area contributed by atoms with Gasteiger partial charge in [-0.25, -0.2) is 4.39 Å².